The third kappa shape index (κ3) is 5.11. The third-order valence-corrected chi connectivity index (χ3v) is 9.96. The first-order valence-corrected chi connectivity index (χ1v) is 16.4. The van der Waals surface area contributed by atoms with Gasteiger partial charge < -0.3 is 0 Å². The van der Waals surface area contributed by atoms with Gasteiger partial charge in [-0.2, -0.15) is 0 Å². The van der Waals surface area contributed by atoms with Gasteiger partial charge in [-0.05, 0) is 57.6 Å². The van der Waals surface area contributed by atoms with E-state index in [1.165, 1.54) is 20.9 Å². The molecule has 0 unspecified atom stereocenters. The normalized spacial score (nSPS) is 13.1. The van der Waals surface area contributed by atoms with Gasteiger partial charge in [0.25, 0.3) is 0 Å². The van der Waals surface area contributed by atoms with Crippen molar-refractivity contribution in [3.05, 3.63) is 163 Å². The Kier molecular flexibility index (Phi) is 7.08. The van der Waals surface area contributed by atoms with Gasteiger partial charge in [0.15, 0.2) is 17.5 Å². The van der Waals surface area contributed by atoms with Gasteiger partial charge in [-0.25, -0.2) is 15.0 Å². The van der Waals surface area contributed by atoms with Crippen LogP contribution in [0.5, 0.6) is 0 Å². The van der Waals surface area contributed by atoms with E-state index in [0.29, 0.717) is 17.5 Å². The molecule has 0 saturated carbocycles. The maximum atomic E-state index is 5.14. The summed E-state index contributed by atoms with van der Waals surface area (Å²) in [5.41, 5.74) is 9.99. The highest BCUT2D eigenvalue weighted by Gasteiger charge is 2.33. The standard InChI is InChI=1S/C42H31N3S/c1-42(2)35-22-11-12-23-37(35)46-38-25-24-31(27-36(38)42)33-20-9-10-21-34(33)41-44-39(29-16-7-4-8-17-29)43-40(45-41)32-19-13-18-30(26-32)28-14-5-3-6-15-28/h3-27H,1-2H3. The minimum atomic E-state index is -0.118. The molecule has 4 heteroatoms. The van der Waals surface area contributed by atoms with E-state index in [4.69, 9.17) is 15.0 Å². The third-order valence-electron chi connectivity index (χ3n) is 8.81. The van der Waals surface area contributed by atoms with Crippen molar-refractivity contribution in [2.24, 2.45) is 0 Å². The van der Waals surface area contributed by atoms with Crippen LogP contribution in [0.2, 0.25) is 0 Å². The molecule has 8 rings (SSSR count). The summed E-state index contributed by atoms with van der Waals surface area (Å²) >= 11 is 1.85. The second-order valence-electron chi connectivity index (χ2n) is 12.1. The Labute approximate surface area is 274 Å². The zero-order valence-electron chi connectivity index (χ0n) is 25.7. The van der Waals surface area contributed by atoms with Crippen LogP contribution in [0, 0.1) is 0 Å². The Hall–Kier alpha value is -5.32. The summed E-state index contributed by atoms with van der Waals surface area (Å²) in [4.78, 5) is 17.9. The van der Waals surface area contributed by atoms with Crippen LogP contribution in [0.15, 0.2) is 161 Å². The topological polar surface area (TPSA) is 38.7 Å². The molecular formula is C42H31N3S. The summed E-state index contributed by atoms with van der Waals surface area (Å²) in [7, 11) is 0. The van der Waals surface area contributed by atoms with Crippen molar-refractivity contribution in [1.82, 2.24) is 15.0 Å². The molecule has 220 valence electrons. The second-order valence-corrected chi connectivity index (χ2v) is 13.2. The van der Waals surface area contributed by atoms with Crippen LogP contribution in [0.25, 0.3) is 56.4 Å². The first-order valence-electron chi connectivity index (χ1n) is 15.5. The number of benzene rings is 6. The summed E-state index contributed by atoms with van der Waals surface area (Å²) < 4.78 is 0. The Morgan fingerprint density at radius 3 is 1.74 bits per heavy atom. The molecule has 0 aliphatic carbocycles. The van der Waals surface area contributed by atoms with E-state index in [-0.39, 0.29) is 5.41 Å². The van der Waals surface area contributed by atoms with Gasteiger partial charge in [0.05, 0.1) is 0 Å². The quantitative estimate of drug-likeness (QED) is 0.195. The van der Waals surface area contributed by atoms with E-state index in [9.17, 15) is 0 Å². The van der Waals surface area contributed by atoms with E-state index in [0.717, 1.165) is 38.9 Å². The lowest BCUT2D eigenvalue weighted by Crippen LogP contribution is -2.23. The highest BCUT2D eigenvalue weighted by molar-refractivity contribution is 7.99. The predicted molar refractivity (Wildman–Crippen MR) is 190 cm³/mol. The van der Waals surface area contributed by atoms with E-state index in [1.807, 2.05) is 36.0 Å². The van der Waals surface area contributed by atoms with Crippen LogP contribution in [-0.2, 0) is 5.41 Å². The summed E-state index contributed by atoms with van der Waals surface area (Å²) in [5, 5.41) is 0. The first-order chi connectivity index (χ1) is 22.5. The molecule has 0 saturated heterocycles. The number of fused-ring (bicyclic) bond motifs is 2. The highest BCUT2D eigenvalue weighted by Crippen LogP contribution is 2.50. The Bertz CT molecular complexity index is 2210. The van der Waals surface area contributed by atoms with Crippen LogP contribution < -0.4 is 0 Å². The van der Waals surface area contributed by atoms with Crippen molar-refractivity contribution < 1.29 is 0 Å². The number of hydrogen-bond acceptors (Lipinski definition) is 4. The average Bonchev–Trinajstić information content (AvgIpc) is 3.12. The van der Waals surface area contributed by atoms with Gasteiger partial charge >= 0.3 is 0 Å². The van der Waals surface area contributed by atoms with Gasteiger partial charge in [0, 0.05) is 31.9 Å². The van der Waals surface area contributed by atoms with Gasteiger partial charge in [0.2, 0.25) is 0 Å². The zero-order valence-corrected chi connectivity index (χ0v) is 26.5. The van der Waals surface area contributed by atoms with Crippen LogP contribution in [0.3, 0.4) is 0 Å². The van der Waals surface area contributed by atoms with E-state index < -0.39 is 0 Å². The van der Waals surface area contributed by atoms with E-state index >= 15 is 0 Å². The number of aromatic nitrogens is 3. The zero-order chi connectivity index (χ0) is 31.1. The van der Waals surface area contributed by atoms with Crippen molar-refractivity contribution in [3.8, 4) is 56.4 Å². The summed E-state index contributed by atoms with van der Waals surface area (Å²) in [5.74, 6) is 1.96. The molecule has 3 nitrogen and oxygen atoms in total. The summed E-state index contributed by atoms with van der Waals surface area (Å²) in [6.07, 6.45) is 0. The summed E-state index contributed by atoms with van der Waals surface area (Å²) in [6, 6.07) is 53.1. The lowest BCUT2D eigenvalue weighted by atomic mass is 9.77. The molecule has 0 atom stereocenters. The molecule has 6 aromatic carbocycles. The minimum absolute atomic E-state index is 0.118. The molecule has 0 N–H and O–H groups in total. The number of nitrogens with zero attached hydrogens (tertiary/aromatic N) is 3. The molecule has 0 bridgehead atoms. The molecular weight excluding hydrogens is 579 g/mol. The molecule has 1 aliphatic rings. The van der Waals surface area contributed by atoms with Gasteiger partial charge in [0.1, 0.15) is 0 Å². The Morgan fingerprint density at radius 2 is 0.957 bits per heavy atom. The van der Waals surface area contributed by atoms with Crippen molar-refractivity contribution in [1.29, 1.82) is 0 Å². The first kappa shape index (κ1) is 28.2. The van der Waals surface area contributed by atoms with E-state index in [1.54, 1.807) is 0 Å². The van der Waals surface area contributed by atoms with Gasteiger partial charge in [-0.15, -0.1) is 0 Å². The lowest BCUT2D eigenvalue weighted by molar-refractivity contribution is 0.607. The maximum Gasteiger partial charge on any atom is 0.164 e. The molecule has 46 heavy (non-hydrogen) atoms. The predicted octanol–water partition coefficient (Wildman–Crippen LogP) is 11.0. The molecule has 0 spiro atoms. The maximum absolute atomic E-state index is 5.14. The average molecular weight is 610 g/mol. The van der Waals surface area contributed by atoms with Crippen molar-refractivity contribution >= 4 is 11.8 Å². The Morgan fingerprint density at radius 1 is 0.391 bits per heavy atom. The van der Waals surface area contributed by atoms with Crippen LogP contribution in [-0.4, -0.2) is 15.0 Å². The Balaban J connectivity index is 1.28. The van der Waals surface area contributed by atoms with Gasteiger partial charge in [-0.3, -0.25) is 0 Å². The monoisotopic (exact) mass is 609 g/mol. The SMILES string of the molecule is CC1(C)c2ccccc2Sc2ccc(-c3ccccc3-c3nc(-c4ccccc4)nc(-c4cccc(-c5ccccc5)c4)n3)cc21. The fourth-order valence-electron chi connectivity index (χ4n) is 6.35. The lowest BCUT2D eigenvalue weighted by Gasteiger charge is -2.35. The molecule has 7 aromatic rings. The molecule has 0 fully saturated rings. The van der Waals surface area contributed by atoms with Crippen LogP contribution in [0.1, 0.15) is 25.0 Å². The van der Waals surface area contributed by atoms with Crippen molar-refractivity contribution in [2.45, 2.75) is 29.1 Å². The van der Waals surface area contributed by atoms with Crippen molar-refractivity contribution in [2.75, 3.05) is 0 Å². The number of hydrogen-bond donors (Lipinski definition) is 0. The van der Waals surface area contributed by atoms with Gasteiger partial charge in [-0.1, -0.05) is 153 Å². The fraction of sp³-hybridized carbons (Fsp3) is 0.0714. The molecule has 1 aliphatic heterocycles. The molecule has 0 radical (unpaired) electrons. The minimum Gasteiger partial charge on any atom is -0.208 e. The highest BCUT2D eigenvalue weighted by atomic mass is 32.2. The fourth-order valence-corrected chi connectivity index (χ4v) is 7.73. The van der Waals surface area contributed by atoms with Crippen LogP contribution in [0.4, 0.5) is 0 Å². The molecule has 1 aromatic heterocycles. The smallest absolute Gasteiger partial charge is 0.164 e. The molecule has 0 amide bonds. The van der Waals surface area contributed by atoms with Crippen LogP contribution >= 0.6 is 11.8 Å². The number of rotatable bonds is 5. The molecule has 2 heterocycles. The largest absolute Gasteiger partial charge is 0.208 e. The summed E-state index contributed by atoms with van der Waals surface area (Å²) in [6.45, 7) is 4.65. The van der Waals surface area contributed by atoms with E-state index in [2.05, 4.69) is 141 Å². The van der Waals surface area contributed by atoms with Crippen molar-refractivity contribution in [3.63, 3.8) is 0 Å². The second kappa shape index (κ2) is 11.6.